The zero-order valence-corrected chi connectivity index (χ0v) is 24.8. The number of hydrogen-bond donors (Lipinski definition) is 2. The Bertz CT molecular complexity index is 1600. The number of aromatic nitrogens is 2. The molecule has 2 N–H and O–H groups in total. The third-order valence-electron chi connectivity index (χ3n) is 7.72. The number of urea groups is 1. The first-order valence-corrected chi connectivity index (χ1v) is 14.1. The molecule has 3 aromatic carbocycles. The van der Waals surface area contributed by atoms with Gasteiger partial charge >= 0.3 is 6.03 Å². The average molecular weight is 550 g/mol. The molecule has 1 fully saturated rings. The summed E-state index contributed by atoms with van der Waals surface area (Å²) < 4.78 is 5.52. The molecule has 1 aromatic heterocycles. The van der Waals surface area contributed by atoms with Crippen LogP contribution in [0.5, 0.6) is 0 Å². The van der Waals surface area contributed by atoms with Crippen LogP contribution in [-0.2, 0) is 10.2 Å². The van der Waals surface area contributed by atoms with Gasteiger partial charge in [-0.05, 0) is 60.9 Å². The van der Waals surface area contributed by atoms with Gasteiger partial charge in [0.05, 0.1) is 36.3 Å². The molecular formula is C34H39N5O2. The lowest BCUT2D eigenvalue weighted by atomic mass is 9.86. The van der Waals surface area contributed by atoms with Gasteiger partial charge in [-0.3, -0.25) is 10.00 Å². The molecule has 41 heavy (non-hydrogen) atoms. The Labute approximate surface area is 242 Å². The second-order valence-corrected chi connectivity index (χ2v) is 12.1. The van der Waals surface area contributed by atoms with Crippen LogP contribution in [0.15, 0.2) is 66.9 Å². The molecule has 1 aliphatic rings. The number of benzene rings is 3. The fourth-order valence-corrected chi connectivity index (χ4v) is 5.15. The number of morpholine rings is 1. The molecule has 4 aromatic rings. The minimum Gasteiger partial charge on any atom is -0.379 e. The van der Waals surface area contributed by atoms with Crippen LogP contribution >= 0.6 is 0 Å². The highest BCUT2D eigenvalue weighted by atomic mass is 16.5. The molecule has 5 rings (SSSR count). The lowest BCUT2D eigenvalue weighted by molar-refractivity contribution is 0.00739. The Morgan fingerprint density at radius 2 is 1.73 bits per heavy atom. The monoisotopic (exact) mass is 549 g/mol. The Kier molecular flexibility index (Phi) is 7.90. The van der Waals surface area contributed by atoms with E-state index in [-0.39, 0.29) is 17.0 Å². The van der Waals surface area contributed by atoms with E-state index in [1.807, 2.05) is 37.3 Å². The molecule has 212 valence electrons. The first-order chi connectivity index (χ1) is 19.5. The molecule has 1 saturated heterocycles. The highest BCUT2D eigenvalue weighted by Crippen LogP contribution is 2.34. The van der Waals surface area contributed by atoms with Crippen molar-refractivity contribution in [1.29, 1.82) is 0 Å². The smallest absolute Gasteiger partial charge is 0.332 e. The fraction of sp³-hybridized carbons (Fsp3) is 0.353. The summed E-state index contributed by atoms with van der Waals surface area (Å²) in [6.45, 7) is 16.0. The molecular weight excluding hydrogens is 510 g/mol. The second-order valence-electron chi connectivity index (χ2n) is 12.1. The minimum atomic E-state index is -0.277. The number of ether oxygens (including phenoxy) is 1. The highest BCUT2D eigenvalue weighted by Gasteiger charge is 2.27. The van der Waals surface area contributed by atoms with Gasteiger partial charge in [0.2, 0.25) is 0 Å². The Morgan fingerprint density at radius 3 is 2.41 bits per heavy atom. The lowest BCUT2D eigenvalue weighted by Crippen LogP contribution is -2.49. The van der Waals surface area contributed by atoms with E-state index in [2.05, 4.69) is 91.1 Å². The first-order valence-electron chi connectivity index (χ1n) is 14.1. The molecule has 7 nitrogen and oxygen atoms in total. The van der Waals surface area contributed by atoms with E-state index in [9.17, 15) is 4.79 Å². The van der Waals surface area contributed by atoms with Gasteiger partial charge in [-0.2, -0.15) is 5.10 Å². The fourth-order valence-electron chi connectivity index (χ4n) is 5.15. The van der Waals surface area contributed by atoms with Gasteiger partial charge in [-0.25, -0.2) is 9.69 Å². The third-order valence-corrected chi connectivity index (χ3v) is 7.72. The van der Waals surface area contributed by atoms with Gasteiger partial charge in [-0.15, -0.1) is 0 Å². The van der Waals surface area contributed by atoms with Crippen LogP contribution in [0.3, 0.4) is 0 Å². The van der Waals surface area contributed by atoms with Crippen molar-refractivity contribution in [1.82, 2.24) is 15.1 Å². The van der Waals surface area contributed by atoms with Crippen molar-refractivity contribution < 1.29 is 9.53 Å². The van der Waals surface area contributed by atoms with Gasteiger partial charge in [0.15, 0.2) is 0 Å². The molecule has 0 atom stereocenters. The molecule has 0 saturated carbocycles. The van der Waals surface area contributed by atoms with E-state index < -0.39 is 0 Å². The first kappa shape index (κ1) is 28.4. The number of anilines is 3. The molecule has 1 aliphatic heterocycles. The second kappa shape index (κ2) is 11.4. The largest absolute Gasteiger partial charge is 0.379 e. The molecule has 0 spiro atoms. The maximum absolute atomic E-state index is 14.0. The molecule has 2 amide bonds. The Hall–Kier alpha value is -4.12. The summed E-state index contributed by atoms with van der Waals surface area (Å²) in [6.07, 6.45) is 1.65. The number of nitrogens with zero attached hydrogens (tertiary/aromatic N) is 3. The molecule has 0 radical (unpaired) electrons. The number of nitrogens with one attached hydrogen (secondary N) is 2. The number of H-pyrrole nitrogens is 1. The van der Waals surface area contributed by atoms with Gasteiger partial charge in [-0.1, -0.05) is 69.0 Å². The summed E-state index contributed by atoms with van der Waals surface area (Å²) in [4.78, 5) is 18.0. The average Bonchev–Trinajstić information content (AvgIpc) is 3.48. The van der Waals surface area contributed by atoms with E-state index >= 15 is 0 Å². The zero-order chi connectivity index (χ0) is 29.2. The molecule has 7 heteroatoms. The van der Waals surface area contributed by atoms with Crippen LogP contribution in [0.2, 0.25) is 0 Å². The summed E-state index contributed by atoms with van der Waals surface area (Å²) in [6, 6.07) is 19.8. The van der Waals surface area contributed by atoms with Crippen LogP contribution in [0.25, 0.3) is 10.8 Å². The third kappa shape index (κ3) is 6.14. The number of rotatable bonds is 4. The number of fused-ring (bicyclic) bond motifs is 1. The number of carbonyl (C=O) groups is 1. The number of aromatic amines is 1. The van der Waals surface area contributed by atoms with E-state index in [1.54, 1.807) is 17.2 Å². The maximum atomic E-state index is 14.0. The Balaban J connectivity index is 1.50. The van der Waals surface area contributed by atoms with Crippen molar-refractivity contribution in [2.24, 2.45) is 0 Å². The Morgan fingerprint density at radius 1 is 1.00 bits per heavy atom. The van der Waals surface area contributed by atoms with Crippen LogP contribution in [0, 0.1) is 18.8 Å². The molecule has 0 aliphatic carbocycles. The summed E-state index contributed by atoms with van der Waals surface area (Å²) >= 11 is 0. The van der Waals surface area contributed by atoms with Crippen LogP contribution in [0.1, 0.15) is 51.3 Å². The van der Waals surface area contributed by atoms with E-state index in [4.69, 9.17) is 4.74 Å². The minimum absolute atomic E-state index is 0.0675. The molecule has 0 bridgehead atoms. The van der Waals surface area contributed by atoms with Crippen molar-refractivity contribution in [3.8, 4) is 11.8 Å². The SMILES string of the molecule is Cc1ccc(C(C)(C)C)cc1N(C(=O)Nc1ccc(C#CC(C)(C)N2CCOCC2)c2ccccc12)c1ccn[nH]1. The van der Waals surface area contributed by atoms with Crippen LogP contribution in [0.4, 0.5) is 22.0 Å². The van der Waals surface area contributed by atoms with Crippen molar-refractivity contribution in [2.45, 2.75) is 52.5 Å². The van der Waals surface area contributed by atoms with E-state index in [0.717, 1.165) is 65.1 Å². The summed E-state index contributed by atoms with van der Waals surface area (Å²) in [5, 5.41) is 12.2. The lowest BCUT2D eigenvalue weighted by Gasteiger charge is -2.37. The number of carbonyl (C=O) groups excluding carboxylic acids is 1. The van der Waals surface area contributed by atoms with Gasteiger partial charge in [0.1, 0.15) is 5.82 Å². The van der Waals surface area contributed by atoms with E-state index in [1.165, 1.54) is 0 Å². The summed E-state index contributed by atoms with van der Waals surface area (Å²) in [7, 11) is 0. The highest BCUT2D eigenvalue weighted by molar-refractivity contribution is 6.11. The topological polar surface area (TPSA) is 73.5 Å². The van der Waals surface area contributed by atoms with Crippen molar-refractivity contribution >= 4 is 34.0 Å². The number of amides is 2. The van der Waals surface area contributed by atoms with Crippen molar-refractivity contribution in [3.05, 3.63) is 83.6 Å². The predicted octanol–water partition coefficient (Wildman–Crippen LogP) is 7.00. The van der Waals surface area contributed by atoms with Crippen molar-refractivity contribution in [3.63, 3.8) is 0 Å². The predicted molar refractivity (Wildman–Crippen MR) is 167 cm³/mol. The van der Waals surface area contributed by atoms with Crippen LogP contribution in [-0.4, -0.2) is 53.0 Å². The molecule has 0 unspecified atom stereocenters. The normalized spacial score (nSPS) is 14.4. The van der Waals surface area contributed by atoms with Gasteiger partial charge in [0, 0.05) is 30.1 Å². The number of hydrogen-bond acceptors (Lipinski definition) is 4. The standard InChI is InChI=1S/C34H39N5O2/c1-24-11-13-26(33(2,3)4)23-30(24)39(31-16-18-35-37-31)32(40)36-29-14-12-25(27-9-7-8-10-28(27)29)15-17-34(5,6)38-19-21-41-22-20-38/h7-14,16,18,23H,19-22H2,1-6H3,(H,35,37)(H,36,40). The zero-order valence-electron chi connectivity index (χ0n) is 24.8. The summed E-state index contributed by atoms with van der Waals surface area (Å²) in [5.41, 5.74) is 4.24. The summed E-state index contributed by atoms with van der Waals surface area (Å²) in [5.74, 6) is 7.52. The molecule has 2 heterocycles. The number of aryl methyl sites for hydroxylation is 1. The van der Waals surface area contributed by atoms with Crippen LogP contribution < -0.4 is 10.2 Å². The maximum Gasteiger partial charge on any atom is 0.332 e. The van der Waals surface area contributed by atoms with Crippen molar-refractivity contribution in [2.75, 3.05) is 36.5 Å². The van der Waals surface area contributed by atoms with E-state index in [0.29, 0.717) is 5.82 Å². The van der Waals surface area contributed by atoms with Gasteiger partial charge in [0.25, 0.3) is 0 Å². The van der Waals surface area contributed by atoms with Gasteiger partial charge < -0.3 is 10.1 Å². The quantitative estimate of drug-likeness (QED) is 0.269.